The first kappa shape index (κ1) is 14.7. The second-order valence-electron chi connectivity index (χ2n) is 3.93. The van der Waals surface area contributed by atoms with Gasteiger partial charge in [0.15, 0.2) is 5.82 Å². The Kier molecular flexibility index (Phi) is 4.81. The number of nitrogens with two attached hydrogens (primary N) is 1. The third-order valence-corrected chi connectivity index (χ3v) is 4.12. The van der Waals surface area contributed by atoms with Gasteiger partial charge in [0.05, 0.1) is 19.3 Å². The van der Waals surface area contributed by atoms with Crippen LogP contribution in [0.25, 0.3) is 11.5 Å². The van der Waals surface area contributed by atoms with Gasteiger partial charge in [0.1, 0.15) is 11.5 Å². The molecule has 19 heavy (non-hydrogen) atoms. The summed E-state index contributed by atoms with van der Waals surface area (Å²) in [7, 11) is 0. The Morgan fingerprint density at radius 1 is 1.32 bits per heavy atom. The molecule has 0 unspecified atom stereocenters. The predicted octanol–water partition coefficient (Wildman–Crippen LogP) is 3.98. The molecule has 4 nitrogen and oxygen atoms in total. The average Bonchev–Trinajstić information content (AvgIpc) is 2.35. The maximum Gasteiger partial charge on any atom is 0.182 e. The number of anilines is 1. The smallest absolute Gasteiger partial charge is 0.182 e. The molecule has 2 aromatic heterocycles. The zero-order valence-corrected chi connectivity index (χ0v) is 13.8. The van der Waals surface area contributed by atoms with Gasteiger partial charge in [-0.25, -0.2) is 15.0 Å². The summed E-state index contributed by atoms with van der Waals surface area (Å²) in [6.45, 7) is 2.08. The van der Waals surface area contributed by atoms with Crippen LogP contribution < -0.4 is 5.73 Å². The first-order chi connectivity index (χ1) is 9.02. The summed E-state index contributed by atoms with van der Waals surface area (Å²) >= 11 is 14.1. The Labute approximate surface area is 134 Å². The Balaban J connectivity index is 2.56. The molecule has 0 aliphatic rings. The average molecular weight is 409 g/mol. The minimum Gasteiger partial charge on any atom is -0.383 e. The number of nitrogen functional groups attached to an aromatic ring is 1. The van der Waals surface area contributed by atoms with Gasteiger partial charge in [0.2, 0.25) is 0 Å². The van der Waals surface area contributed by atoms with E-state index in [2.05, 4.69) is 44.5 Å². The lowest BCUT2D eigenvalue weighted by molar-refractivity contribution is 0.868. The number of pyridine rings is 1. The van der Waals surface area contributed by atoms with E-state index in [9.17, 15) is 0 Å². The Bertz CT molecular complexity index is 619. The van der Waals surface area contributed by atoms with Crippen LogP contribution in [0.3, 0.4) is 0 Å². The number of aryl methyl sites for hydroxylation is 1. The summed E-state index contributed by atoms with van der Waals surface area (Å²) in [6.07, 6.45) is 3.33. The van der Waals surface area contributed by atoms with Gasteiger partial charge in [-0.15, -0.1) is 0 Å². The van der Waals surface area contributed by atoms with Crippen molar-refractivity contribution in [3.63, 3.8) is 0 Å². The van der Waals surface area contributed by atoms with Gasteiger partial charge >= 0.3 is 0 Å². The van der Waals surface area contributed by atoms with E-state index in [1.54, 1.807) is 6.07 Å². The van der Waals surface area contributed by atoms with Gasteiger partial charge in [-0.1, -0.05) is 36.5 Å². The molecule has 0 aliphatic carbocycles. The van der Waals surface area contributed by atoms with Crippen molar-refractivity contribution in [2.75, 3.05) is 5.73 Å². The quantitative estimate of drug-likeness (QED) is 0.780. The van der Waals surface area contributed by atoms with E-state index in [-0.39, 0.29) is 0 Å². The SMILES string of the molecule is CCCc1nc(-c2ncc(Cl)cc2Cl)nc(N)c1I. The summed E-state index contributed by atoms with van der Waals surface area (Å²) in [4.78, 5) is 12.9. The largest absolute Gasteiger partial charge is 0.383 e. The first-order valence-electron chi connectivity index (χ1n) is 5.66. The fourth-order valence-corrected chi connectivity index (χ4v) is 2.58. The number of nitrogens with zero attached hydrogens (tertiary/aromatic N) is 3. The number of halogens is 3. The van der Waals surface area contributed by atoms with E-state index in [1.807, 2.05) is 0 Å². The molecule has 0 spiro atoms. The third kappa shape index (κ3) is 3.27. The van der Waals surface area contributed by atoms with Crippen LogP contribution in [0.4, 0.5) is 5.82 Å². The molecule has 7 heteroatoms. The van der Waals surface area contributed by atoms with E-state index in [0.29, 0.717) is 27.4 Å². The van der Waals surface area contributed by atoms with Crippen molar-refractivity contribution in [3.05, 3.63) is 31.6 Å². The van der Waals surface area contributed by atoms with E-state index in [0.717, 1.165) is 22.1 Å². The standard InChI is InChI=1S/C12H11Cl2IN4/c1-2-3-8-9(15)11(16)19-12(18-8)10-7(14)4-6(13)5-17-10/h4-5H,2-3H2,1H3,(H2,16,18,19). The second kappa shape index (κ2) is 6.19. The highest BCUT2D eigenvalue weighted by Gasteiger charge is 2.14. The number of rotatable bonds is 3. The Hall–Kier alpha value is -0.660. The van der Waals surface area contributed by atoms with E-state index >= 15 is 0 Å². The van der Waals surface area contributed by atoms with Gasteiger partial charge in [-0.05, 0) is 35.1 Å². The monoisotopic (exact) mass is 408 g/mol. The molecule has 0 radical (unpaired) electrons. The summed E-state index contributed by atoms with van der Waals surface area (Å²) in [5, 5.41) is 0.886. The maximum atomic E-state index is 6.12. The van der Waals surface area contributed by atoms with Gasteiger partial charge in [0.25, 0.3) is 0 Å². The lowest BCUT2D eigenvalue weighted by Crippen LogP contribution is -2.05. The van der Waals surface area contributed by atoms with Crippen LogP contribution in [0.2, 0.25) is 10.0 Å². The molecule has 2 aromatic rings. The van der Waals surface area contributed by atoms with Crippen LogP contribution in [-0.2, 0) is 6.42 Å². The first-order valence-corrected chi connectivity index (χ1v) is 7.49. The van der Waals surface area contributed by atoms with Crippen molar-refractivity contribution >= 4 is 51.6 Å². The van der Waals surface area contributed by atoms with Crippen LogP contribution in [0, 0.1) is 3.57 Å². The zero-order valence-electron chi connectivity index (χ0n) is 10.1. The predicted molar refractivity (Wildman–Crippen MR) is 86.4 cm³/mol. The summed E-state index contributed by atoms with van der Waals surface area (Å²) < 4.78 is 0.883. The number of hydrogen-bond donors (Lipinski definition) is 1. The molecule has 0 saturated carbocycles. The lowest BCUT2D eigenvalue weighted by atomic mass is 10.2. The number of hydrogen-bond acceptors (Lipinski definition) is 4. The topological polar surface area (TPSA) is 64.7 Å². The van der Waals surface area contributed by atoms with Crippen LogP contribution in [-0.4, -0.2) is 15.0 Å². The molecule has 0 fully saturated rings. The van der Waals surface area contributed by atoms with Gasteiger partial charge in [-0.2, -0.15) is 0 Å². The van der Waals surface area contributed by atoms with Gasteiger partial charge in [0, 0.05) is 6.20 Å². The molecule has 0 atom stereocenters. The Morgan fingerprint density at radius 2 is 2.05 bits per heavy atom. The van der Waals surface area contributed by atoms with Crippen LogP contribution >= 0.6 is 45.8 Å². The number of aromatic nitrogens is 3. The third-order valence-electron chi connectivity index (χ3n) is 2.45. The molecular formula is C12H11Cl2IN4. The van der Waals surface area contributed by atoms with Gasteiger partial charge < -0.3 is 5.73 Å². The minimum absolute atomic E-state index is 0.413. The molecule has 0 aliphatic heterocycles. The Morgan fingerprint density at radius 3 is 2.68 bits per heavy atom. The summed E-state index contributed by atoms with van der Waals surface area (Å²) in [6, 6.07) is 1.61. The van der Waals surface area contributed by atoms with Crippen LogP contribution in [0.15, 0.2) is 12.3 Å². The molecule has 2 N–H and O–H groups in total. The van der Waals surface area contributed by atoms with Crippen molar-refractivity contribution in [2.45, 2.75) is 19.8 Å². The summed E-state index contributed by atoms with van der Waals surface area (Å²) in [5.74, 6) is 0.880. The van der Waals surface area contributed by atoms with E-state index < -0.39 is 0 Å². The molecular weight excluding hydrogens is 398 g/mol. The highest BCUT2D eigenvalue weighted by molar-refractivity contribution is 14.1. The fraction of sp³-hybridized carbons (Fsp3) is 0.250. The van der Waals surface area contributed by atoms with E-state index in [4.69, 9.17) is 28.9 Å². The molecule has 0 saturated heterocycles. The molecule has 0 aromatic carbocycles. The molecule has 100 valence electrons. The highest BCUT2D eigenvalue weighted by atomic mass is 127. The molecule has 2 rings (SSSR count). The normalized spacial score (nSPS) is 10.7. The molecule has 0 amide bonds. The van der Waals surface area contributed by atoms with E-state index in [1.165, 1.54) is 6.20 Å². The fourth-order valence-electron chi connectivity index (χ4n) is 1.60. The van der Waals surface area contributed by atoms with Crippen molar-refractivity contribution in [1.29, 1.82) is 0 Å². The highest BCUT2D eigenvalue weighted by Crippen LogP contribution is 2.28. The second-order valence-corrected chi connectivity index (χ2v) is 5.85. The van der Waals surface area contributed by atoms with Crippen molar-refractivity contribution in [3.8, 4) is 11.5 Å². The lowest BCUT2D eigenvalue weighted by Gasteiger charge is -2.09. The van der Waals surface area contributed by atoms with Crippen LogP contribution in [0.1, 0.15) is 19.0 Å². The van der Waals surface area contributed by atoms with Gasteiger partial charge in [-0.3, -0.25) is 0 Å². The minimum atomic E-state index is 0.413. The van der Waals surface area contributed by atoms with Crippen LogP contribution in [0.5, 0.6) is 0 Å². The van der Waals surface area contributed by atoms with Crippen molar-refractivity contribution < 1.29 is 0 Å². The summed E-state index contributed by atoms with van der Waals surface area (Å²) in [5.41, 5.74) is 7.32. The maximum absolute atomic E-state index is 6.12. The molecule has 2 heterocycles. The van der Waals surface area contributed by atoms with Crippen molar-refractivity contribution in [2.24, 2.45) is 0 Å². The van der Waals surface area contributed by atoms with Crippen molar-refractivity contribution in [1.82, 2.24) is 15.0 Å². The zero-order chi connectivity index (χ0) is 14.0. The molecule has 0 bridgehead atoms.